The third-order valence-corrected chi connectivity index (χ3v) is 4.10. The van der Waals surface area contributed by atoms with Gasteiger partial charge in [0.25, 0.3) is 5.91 Å². The predicted molar refractivity (Wildman–Crippen MR) is 76.1 cm³/mol. The van der Waals surface area contributed by atoms with Gasteiger partial charge in [-0.25, -0.2) is 4.39 Å². The number of hydrogen-bond donors (Lipinski definition) is 1. The molecular weight excluding hydrogens is 333 g/mol. The summed E-state index contributed by atoms with van der Waals surface area (Å²) in [6, 6.07) is 8.09. The van der Waals surface area contributed by atoms with Gasteiger partial charge in [0.05, 0.1) is 17.4 Å². The molecular formula is C13H11BrFNO2S. The average Bonchev–Trinajstić information content (AvgIpc) is 2.81. The summed E-state index contributed by atoms with van der Waals surface area (Å²) < 4.78 is 19.7. The number of ether oxygens (including phenoxy) is 1. The van der Waals surface area contributed by atoms with Gasteiger partial charge in [0.2, 0.25) is 0 Å². The van der Waals surface area contributed by atoms with Crippen molar-refractivity contribution in [2.24, 2.45) is 0 Å². The Hall–Kier alpha value is -1.40. The molecule has 1 aromatic heterocycles. The summed E-state index contributed by atoms with van der Waals surface area (Å²) in [7, 11) is 1.40. The highest BCUT2D eigenvalue weighted by molar-refractivity contribution is 9.11. The van der Waals surface area contributed by atoms with Crippen molar-refractivity contribution in [3.8, 4) is 5.75 Å². The maximum atomic E-state index is 13.7. The number of carbonyl (C=O) groups excluding carboxylic acids is 1. The first-order chi connectivity index (χ1) is 9.11. The molecule has 0 radical (unpaired) electrons. The standard InChI is InChI=1S/C13H11BrFNO2S/c1-18-10-4-2-3-9(15)12(10)13(17)16-7-8-5-6-11(14)19-8/h2-6H,7H2,1H3,(H,16,17). The fourth-order valence-electron chi connectivity index (χ4n) is 1.60. The minimum absolute atomic E-state index is 0.0689. The normalized spacial score (nSPS) is 10.3. The second kappa shape index (κ2) is 6.16. The summed E-state index contributed by atoms with van der Waals surface area (Å²) in [6.45, 7) is 0.354. The molecule has 1 heterocycles. The number of benzene rings is 1. The van der Waals surface area contributed by atoms with Crippen molar-refractivity contribution in [3.63, 3.8) is 0 Å². The van der Waals surface area contributed by atoms with E-state index in [0.29, 0.717) is 6.54 Å². The van der Waals surface area contributed by atoms with Crippen LogP contribution in [0.1, 0.15) is 15.2 Å². The Labute approximate surface area is 122 Å². The van der Waals surface area contributed by atoms with E-state index in [4.69, 9.17) is 4.74 Å². The van der Waals surface area contributed by atoms with Crippen LogP contribution < -0.4 is 10.1 Å². The molecule has 1 N–H and O–H groups in total. The molecule has 3 nitrogen and oxygen atoms in total. The molecule has 0 bridgehead atoms. The van der Waals surface area contributed by atoms with Gasteiger partial charge in [-0.15, -0.1) is 11.3 Å². The van der Waals surface area contributed by atoms with E-state index in [0.717, 1.165) is 8.66 Å². The average molecular weight is 344 g/mol. The molecule has 0 spiro atoms. The Kier molecular flexibility index (Phi) is 4.55. The van der Waals surface area contributed by atoms with Crippen LogP contribution in [0.15, 0.2) is 34.1 Å². The molecule has 19 heavy (non-hydrogen) atoms. The summed E-state index contributed by atoms with van der Waals surface area (Å²) in [5, 5.41) is 2.67. The van der Waals surface area contributed by atoms with Crippen LogP contribution in [0.25, 0.3) is 0 Å². The smallest absolute Gasteiger partial charge is 0.258 e. The number of rotatable bonds is 4. The molecule has 100 valence electrons. The van der Waals surface area contributed by atoms with E-state index in [1.54, 1.807) is 6.07 Å². The third kappa shape index (κ3) is 3.33. The van der Waals surface area contributed by atoms with Gasteiger partial charge in [-0.2, -0.15) is 0 Å². The van der Waals surface area contributed by atoms with Crippen LogP contribution in [0, 0.1) is 5.82 Å². The van der Waals surface area contributed by atoms with E-state index in [2.05, 4.69) is 21.2 Å². The highest BCUT2D eigenvalue weighted by Crippen LogP contribution is 2.23. The van der Waals surface area contributed by atoms with Crippen molar-refractivity contribution in [2.75, 3.05) is 7.11 Å². The van der Waals surface area contributed by atoms with Crippen LogP contribution in [0.2, 0.25) is 0 Å². The molecule has 0 saturated carbocycles. The first-order valence-corrected chi connectivity index (χ1v) is 7.07. The Morgan fingerprint density at radius 2 is 2.21 bits per heavy atom. The van der Waals surface area contributed by atoms with E-state index in [9.17, 15) is 9.18 Å². The first-order valence-electron chi connectivity index (χ1n) is 5.46. The minimum Gasteiger partial charge on any atom is -0.496 e. The molecule has 2 aromatic rings. The lowest BCUT2D eigenvalue weighted by Gasteiger charge is -2.09. The molecule has 6 heteroatoms. The number of amides is 1. The van der Waals surface area contributed by atoms with Gasteiger partial charge >= 0.3 is 0 Å². The lowest BCUT2D eigenvalue weighted by atomic mass is 10.1. The lowest BCUT2D eigenvalue weighted by molar-refractivity contribution is 0.0944. The maximum absolute atomic E-state index is 13.7. The quantitative estimate of drug-likeness (QED) is 0.921. The van der Waals surface area contributed by atoms with Crippen LogP contribution in [0.4, 0.5) is 4.39 Å². The van der Waals surface area contributed by atoms with Crippen molar-refractivity contribution >= 4 is 33.2 Å². The second-order valence-corrected chi connectivity index (χ2v) is 6.25. The molecule has 1 amide bonds. The monoisotopic (exact) mass is 343 g/mol. The number of carbonyl (C=O) groups is 1. The largest absolute Gasteiger partial charge is 0.496 e. The van der Waals surface area contributed by atoms with Crippen molar-refractivity contribution in [1.82, 2.24) is 5.32 Å². The SMILES string of the molecule is COc1cccc(F)c1C(=O)NCc1ccc(Br)s1. The zero-order valence-electron chi connectivity index (χ0n) is 10.1. The Balaban J connectivity index is 2.12. The van der Waals surface area contributed by atoms with Crippen molar-refractivity contribution in [2.45, 2.75) is 6.54 Å². The predicted octanol–water partition coefficient (Wildman–Crippen LogP) is 3.59. The molecule has 0 unspecified atom stereocenters. The maximum Gasteiger partial charge on any atom is 0.258 e. The lowest BCUT2D eigenvalue weighted by Crippen LogP contribution is -2.24. The summed E-state index contributed by atoms with van der Waals surface area (Å²) in [6.07, 6.45) is 0. The number of thiophene rings is 1. The van der Waals surface area contributed by atoms with Gasteiger partial charge in [-0.05, 0) is 40.2 Å². The summed E-state index contributed by atoms with van der Waals surface area (Å²) >= 11 is 4.86. The van der Waals surface area contributed by atoms with E-state index in [1.807, 2.05) is 12.1 Å². The molecule has 0 aliphatic heterocycles. The molecule has 0 aliphatic carbocycles. The molecule has 0 atom stereocenters. The van der Waals surface area contributed by atoms with Crippen LogP contribution in [0.3, 0.4) is 0 Å². The number of nitrogens with one attached hydrogen (secondary N) is 1. The van der Waals surface area contributed by atoms with Gasteiger partial charge in [-0.1, -0.05) is 6.07 Å². The van der Waals surface area contributed by atoms with Crippen molar-refractivity contribution < 1.29 is 13.9 Å². The number of hydrogen-bond acceptors (Lipinski definition) is 3. The zero-order valence-corrected chi connectivity index (χ0v) is 12.5. The first kappa shape index (κ1) is 14.0. The number of halogens is 2. The molecule has 0 saturated heterocycles. The second-order valence-electron chi connectivity index (χ2n) is 3.71. The van der Waals surface area contributed by atoms with Crippen LogP contribution in [0.5, 0.6) is 5.75 Å². The van der Waals surface area contributed by atoms with Gasteiger partial charge in [-0.3, -0.25) is 4.79 Å². The highest BCUT2D eigenvalue weighted by Gasteiger charge is 2.17. The van der Waals surface area contributed by atoms with Crippen LogP contribution in [-0.4, -0.2) is 13.0 Å². The molecule has 0 aliphatic rings. The zero-order chi connectivity index (χ0) is 13.8. The Morgan fingerprint density at radius 3 is 2.84 bits per heavy atom. The van der Waals surface area contributed by atoms with E-state index in [1.165, 1.54) is 30.6 Å². The molecule has 2 rings (SSSR count). The fraction of sp³-hybridized carbons (Fsp3) is 0.154. The molecule has 0 fully saturated rings. The fourth-order valence-corrected chi connectivity index (χ4v) is 3.02. The van der Waals surface area contributed by atoms with Crippen molar-refractivity contribution in [1.29, 1.82) is 0 Å². The third-order valence-electron chi connectivity index (χ3n) is 2.47. The van der Waals surface area contributed by atoms with E-state index >= 15 is 0 Å². The van der Waals surface area contributed by atoms with E-state index < -0.39 is 11.7 Å². The van der Waals surface area contributed by atoms with Gasteiger partial charge < -0.3 is 10.1 Å². The number of methoxy groups -OCH3 is 1. The van der Waals surface area contributed by atoms with Gasteiger partial charge in [0.1, 0.15) is 17.1 Å². The highest BCUT2D eigenvalue weighted by atomic mass is 79.9. The van der Waals surface area contributed by atoms with Gasteiger partial charge in [0, 0.05) is 4.88 Å². The molecule has 1 aromatic carbocycles. The van der Waals surface area contributed by atoms with E-state index in [-0.39, 0.29) is 11.3 Å². The van der Waals surface area contributed by atoms with Gasteiger partial charge in [0.15, 0.2) is 0 Å². The minimum atomic E-state index is -0.593. The van der Waals surface area contributed by atoms with Crippen molar-refractivity contribution in [3.05, 3.63) is 50.4 Å². The Bertz CT molecular complexity index is 600. The summed E-state index contributed by atoms with van der Waals surface area (Å²) in [5.41, 5.74) is -0.0689. The summed E-state index contributed by atoms with van der Waals surface area (Å²) in [5.74, 6) is -0.853. The summed E-state index contributed by atoms with van der Waals surface area (Å²) in [4.78, 5) is 13.0. The topological polar surface area (TPSA) is 38.3 Å². The van der Waals surface area contributed by atoms with Crippen LogP contribution >= 0.6 is 27.3 Å². The Morgan fingerprint density at radius 1 is 1.42 bits per heavy atom. The van der Waals surface area contributed by atoms with Crippen LogP contribution in [-0.2, 0) is 6.54 Å².